The molecule has 1 fully saturated rings. The zero-order chi connectivity index (χ0) is 23.0. The highest BCUT2D eigenvalue weighted by atomic mass is 35.5. The Hall–Kier alpha value is -2.87. The molecular weight excluding hydrogens is 466 g/mol. The van der Waals surface area contributed by atoms with Crippen LogP contribution in [0, 0.1) is 13.8 Å². The van der Waals surface area contributed by atoms with Gasteiger partial charge < -0.3 is 9.15 Å². The summed E-state index contributed by atoms with van der Waals surface area (Å²) in [6.45, 7) is 4.02. The number of anilines is 1. The van der Waals surface area contributed by atoms with Crippen molar-refractivity contribution in [2.24, 2.45) is 0 Å². The Balaban J connectivity index is 1.61. The number of benzene rings is 2. The van der Waals surface area contributed by atoms with E-state index in [1.807, 2.05) is 32.0 Å². The minimum atomic E-state index is -0.529. The van der Waals surface area contributed by atoms with Crippen LogP contribution >= 0.6 is 35.6 Å². The van der Waals surface area contributed by atoms with E-state index in [4.69, 9.17) is 33.0 Å². The van der Waals surface area contributed by atoms with Crippen LogP contribution in [0.25, 0.3) is 17.4 Å². The topological polar surface area (TPSA) is 59.8 Å². The number of thioether (sulfide) groups is 1. The van der Waals surface area contributed by atoms with Gasteiger partial charge in [-0.25, -0.2) is 4.79 Å². The summed E-state index contributed by atoms with van der Waals surface area (Å²) in [6, 6.07) is 14.3. The second-order valence-corrected chi connectivity index (χ2v) is 9.26. The van der Waals surface area contributed by atoms with E-state index in [9.17, 15) is 9.59 Å². The summed E-state index contributed by atoms with van der Waals surface area (Å²) in [5.74, 6) is 0.303. The van der Waals surface area contributed by atoms with Crippen molar-refractivity contribution in [2.75, 3.05) is 12.0 Å². The molecule has 32 heavy (non-hydrogen) atoms. The van der Waals surface area contributed by atoms with Crippen molar-refractivity contribution in [1.29, 1.82) is 0 Å². The SMILES string of the molecule is COC(=O)c1cc(-c2ccc(/C=C3/SC(=S)N(c4ccc(C)c(C)c4)C3=O)o2)ccc1Cl. The molecule has 1 aliphatic heterocycles. The number of esters is 1. The molecule has 0 radical (unpaired) electrons. The van der Waals surface area contributed by atoms with Gasteiger partial charge in [-0.1, -0.05) is 41.6 Å². The highest BCUT2D eigenvalue weighted by Gasteiger charge is 2.33. The van der Waals surface area contributed by atoms with Crippen LogP contribution in [0.4, 0.5) is 5.69 Å². The van der Waals surface area contributed by atoms with Crippen molar-refractivity contribution in [3.63, 3.8) is 0 Å². The van der Waals surface area contributed by atoms with E-state index in [1.54, 1.807) is 36.4 Å². The van der Waals surface area contributed by atoms with Crippen LogP contribution in [0.5, 0.6) is 0 Å². The lowest BCUT2D eigenvalue weighted by molar-refractivity contribution is -0.113. The van der Waals surface area contributed by atoms with Crippen LogP contribution in [0.15, 0.2) is 57.9 Å². The fourth-order valence-electron chi connectivity index (χ4n) is 3.21. The Labute approximate surface area is 200 Å². The molecule has 0 spiro atoms. The average molecular weight is 484 g/mol. The van der Waals surface area contributed by atoms with Gasteiger partial charge in [0.05, 0.1) is 28.3 Å². The minimum absolute atomic E-state index is 0.194. The van der Waals surface area contributed by atoms with Crippen LogP contribution in [0.3, 0.4) is 0 Å². The van der Waals surface area contributed by atoms with E-state index in [0.717, 1.165) is 16.8 Å². The predicted octanol–water partition coefficient (Wildman–Crippen LogP) is 6.41. The standard InChI is InChI=1S/C24H18ClNO4S2/c1-13-4-6-16(10-14(13)2)26-22(27)21(32-24(26)31)12-17-7-9-20(30-17)15-5-8-19(25)18(11-15)23(28)29-3/h4-12H,1-3H3/b21-12+. The van der Waals surface area contributed by atoms with Gasteiger partial charge in [-0.05, 0) is 67.4 Å². The lowest BCUT2D eigenvalue weighted by atomic mass is 10.1. The van der Waals surface area contributed by atoms with Crippen molar-refractivity contribution in [3.8, 4) is 11.3 Å². The Bertz CT molecular complexity index is 1290. The van der Waals surface area contributed by atoms with Gasteiger partial charge in [-0.3, -0.25) is 9.69 Å². The number of methoxy groups -OCH3 is 1. The fourth-order valence-corrected chi connectivity index (χ4v) is 4.69. The fraction of sp³-hybridized carbons (Fsp3) is 0.125. The maximum atomic E-state index is 13.0. The molecule has 8 heteroatoms. The van der Waals surface area contributed by atoms with E-state index < -0.39 is 5.97 Å². The second-order valence-electron chi connectivity index (χ2n) is 7.17. The molecule has 162 valence electrons. The normalized spacial score (nSPS) is 15.0. The zero-order valence-corrected chi connectivity index (χ0v) is 19.9. The molecule has 0 atom stereocenters. The van der Waals surface area contributed by atoms with Crippen molar-refractivity contribution in [1.82, 2.24) is 0 Å². The van der Waals surface area contributed by atoms with Crippen molar-refractivity contribution >= 4 is 63.5 Å². The number of aryl methyl sites for hydroxylation is 2. The summed E-state index contributed by atoms with van der Waals surface area (Å²) < 4.78 is 11.1. The van der Waals surface area contributed by atoms with Crippen LogP contribution in [0.2, 0.25) is 5.02 Å². The van der Waals surface area contributed by atoms with Crippen LogP contribution in [-0.4, -0.2) is 23.3 Å². The molecule has 1 amide bonds. The first-order valence-corrected chi connectivity index (χ1v) is 11.2. The third-order valence-electron chi connectivity index (χ3n) is 5.10. The maximum absolute atomic E-state index is 13.0. The maximum Gasteiger partial charge on any atom is 0.339 e. The third-order valence-corrected chi connectivity index (χ3v) is 6.73. The number of rotatable bonds is 4. The summed E-state index contributed by atoms with van der Waals surface area (Å²) in [4.78, 5) is 26.9. The van der Waals surface area contributed by atoms with Gasteiger partial charge in [-0.2, -0.15) is 0 Å². The van der Waals surface area contributed by atoms with Crippen molar-refractivity contribution in [2.45, 2.75) is 13.8 Å². The molecule has 1 aromatic heterocycles. The Morgan fingerprint density at radius 1 is 1.12 bits per heavy atom. The van der Waals surface area contributed by atoms with Gasteiger partial charge in [0.25, 0.3) is 5.91 Å². The summed E-state index contributed by atoms with van der Waals surface area (Å²) in [7, 11) is 1.30. The molecule has 3 aromatic rings. The first kappa shape index (κ1) is 22.3. The predicted molar refractivity (Wildman–Crippen MR) is 132 cm³/mol. The Morgan fingerprint density at radius 2 is 1.91 bits per heavy atom. The van der Waals surface area contributed by atoms with E-state index in [0.29, 0.717) is 31.3 Å². The molecule has 1 aliphatic rings. The monoisotopic (exact) mass is 483 g/mol. The molecule has 2 aromatic carbocycles. The molecule has 0 bridgehead atoms. The van der Waals surface area contributed by atoms with Gasteiger partial charge in [0, 0.05) is 11.6 Å². The van der Waals surface area contributed by atoms with Gasteiger partial charge in [0.2, 0.25) is 0 Å². The highest BCUT2D eigenvalue weighted by Crippen LogP contribution is 2.37. The third kappa shape index (κ3) is 4.24. The number of furan rings is 1. The number of hydrogen-bond acceptors (Lipinski definition) is 6. The number of nitrogens with zero attached hydrogens (tertiary/aromatic N) is 1. The molecule has 0 N–H and O–H groups in total. The lowest BCUT2D eigenvalue weighted by Crippen LogP contribution is -2.27. The molecule has 4 rings (SSSR count). The van der Waals surface area contributed by atoms with E-state index in [-0.39, 0.29) is 11.5 Å². The highest BCUT2D eigenvalue weighted by molar-refractivity contribution is 8.27. The number of carbonyl (C=O) groups is 2. The number of amides is 1. The molecule has 0 unspecified atom stereocenters. The second kappa shape index (κ2) is 8.94. The van der Waals surface area contributed by atoms with Gasteiger partial charge >= 0.3 is 5.97 Å². The largest absolute Gasteiger partial charge is 0.465 e. The molecule has 5 nitrogen and oxygen atoms in total. The number of halogens is 1. The molecule has 1 saturated heterocycles. The first-order chi connectivity index (χ1) is 15.3. The lowest BCUT2D eigenvalue weighted by Gasteiger charge is -2.15. The number of hydrogen-bond donors (Lipinski definition) is 0. The van der Waals surface area contributed by atoms with Gasteiger partial charge in [-0.15, -0.1) is 0 Å². The quantitative estimate of drug-likeness (QED) is 0.243. The van der Waals surface area contributed by atoms with Crippen molar-refractivity contribution in [3.05, 3.63) is 80.9 Å². The van der Waals surface area contributed by atoms with E-state index in [2.05, 4.69) is 0 Å². The van der Waals surface area contributed by atoms with Crippen LogP contribution < -0.4 is 4.90 Å². The van der Waals surface area contributed by atoms with E-state index in [1.165, 1.54) is 23.8 Å². The van der Waals surface area contributed by atoms with Crippen LogP contribution in [-0.2, 0) is 9.53 Å². The smallest absolute Gasteiger partial charge is 0.339 e. The van der Waals surface area contributed by atoms with Gasteiger partial charge in [0.15, 0.2) is 4.32 Å². The number of carbonyl (C=O) groups excluding carboxylic acids is 2. The number of ether oxygens (including phenoxy) is 1. The van der Waals surface area contributed by atoms with Crippen molar-refractivity contribution < 1.29 is 18.7 Å². The Morgan fingerprint density at radius 3 is 2.62 bits per heavy atom. The summed E-state index contributed by atoms with van der Waals surface area (Å²) in [6.07, 6.45) is 1.67. The average Bonchev–Trinajstić information content (AvgIpc) is 3.34. The zero-order valence-electron chi connectivity index (χ0n) is 17.5. The van der Waals surface area contributed by atoms with E-state index >= 15 is 0 Å². The molecule has 0 aliphatic carbocycles. The molecule has 2 heterocycles. The molecule has 0 saturated carbocycles. The van der Waals surface area contributed by atoms with Crippen LogP contribution in [0.1, 0.15) is 27.2 Å². The summed E-state index contributed by atoms with van der Waals surface area (Å²) >= 11 is 12.8. The molecular formula is C24H18ClNO4S2. The Kier molecular flexibility index (Phi) is 6.24. The first-order valence-electron chi connectivity index (χ1n) is 9.62. The summed E-state index contributed by atoms with van der Waals surface area (Å²) in [5.41, 5.74) is 3.90. The van der Waals surface area contributed by atoms with Gasteiger partial charge in [0.1, 0.15) is 11.5 Å². The summed E-state index contributed by atoms with van der Waals surface area (Å²) in [5, 5.41) is 0.294. The minimum Gasteiger partial charge on any atom is -0.465 e. The number of thiocarbonyl (C=S) groups is 1.